The van der Waals surface area contributed by atoms with Gasteiger partial charge >= 0.3 is 5.97 Å². The van der Waals surface area contributed by atoms with Gasteiger partial charge < -0.3 is 20.1 Å². The zero-order chi connectivity index (χ0) is 22.5. The van der Waals surface area contributed by atoms with E-state index in [0.717, 1.165) is 16.5 Å². The minimum atomic E-state index is -1.90. The minimum absolute atomic E-state index is 0.0585. The third-order valence-electron chi connectivity index (χ3n) is 7.09. The van der Waals surface area contributed by atoms with Crippen LogP contribution in [0.5, 0.6) is 0 Å². The van der Waals surface area contributed by atoms with Crippen molar-refractivity contribution in [2.45, 2.75) is 51.0 Å². The normalized spacial score (nSPS) is 23.0. The van der Waals surface area contributed by atoms with Gasteiger partial charge in [0.05, 0.1) is 34.0 Å². The molecule has 2 atom stereocenters. The monoisotopic (exact) mass is 455 g/mol. The summed E-state index contributed by atoms with van der Waals surface area (Å²) in [5.41, 5.74) is 8.44. The van der Waals surface area contributed by atoms with Crippen LogP contribution in [0.25, 0.3) is 22.3 Å². The van der Waals surface area contributed by atoms with Crippen molar-refractivity contribution >= 4 is 28.5 Å². The van der Waals surface area contributed by atoms with Gasteiger partial charge in [0.2, 0.25) is 0 Å². The van der Waals surface area contributed by atoms with Crippen molar-refractivity contribution in [1.29, 1.82) is 0 Å². The van der Waals surface area contributed by atoms with Crippen LogP contribution in [-0.2, 0) is 34.7 Å². The number of aliphatic hydroxyl groups is 1. The maximum atomic E-state index is 14.5. The van der Waals surface area contributed by atoms with Crippen LogP contribution in [-0.4, -0.2) is 20.6 Å². The van der Waals surface area contributed by atoms with Crippen molar-refractivity contribution in [3.8, 4) is 11.4 Å². The SMILES string of the molecule is CC[C@@]1(O)C(=O)OCc2c1cc1n(c2=O)Cc2c-1nc1cc(F)c(Cl)c3c1c2[C@@H](N)CC3. The molecule has 0 bridgehead atoms. The smallest absolute Gasteiger partial charge is 0.343 e. The molecular weight excluding hydrogens is 437 g/mol. The van der Waals surface area contributed by atoms with E-state index in [1.807, 2.05) is 0 Å². The summed E-state index contributed by atoms with van der Waals surface area (Å²) >= 11 is 6.27. The Balaban J connectivity index is 1.70. The van der Waals surface area contributed by atoms with Gasteiger partial charge in [-0.3, -0.25) is 4.79 Å². The van der Waals surface area contributed by atoms with Crippen molar-refractivity contribution in [2.75, 3.05) is 0 Å². The molecule has 3 aromatic rings. The minimum Gasteiger partial charge on any atom is -0.458 e. The Bertz CT molecular complexity index is 1450. The highest BCUT2D eigenvalue weighted by Crippen LogP contribution is 2.46. The Morgan fingerprint density at radius 1 is 1.34 bits per heavy atom. The second kappa shape index (κ2) is 6.37. The third-order valence-corrected chi connectivity index (χ3v) is 7.49. The fourth-order valence-corrected chi connectivity index (χ4v) is 5.63. The Kier molecular flexibility index (Phi) is 3.95. The molecule has 0 radical (unpaired) electrons. The molecule has 6 rings (SSSR count). The molecule has 9 heteroatoms. The van der Waals surface area contributed by atoms with Crippen LogP contribution in [0.2, 0.25) is 5.02 Å². The maximum absolute atomic E-state index is 14.5. The van der Waals surface area contributed by atoms with Crippen molar-refractivity contribution < 1.29 is 19.0 Å². The maximum Gasteiger partial charge on any atom is 0.343 e. The number of nitrogens with zero attached hydrogens (tertiary/aromatic N) is 2. The van der Waals surface area contributed by atoms with E-state index in [2.05, 4.69) is 0 Å². The topological polar surface area (TPSA) is 107 Å². The van der Waals surface area contributed by atoms with Crippen LogP contribution in [0.4, 0.5) is 4.39 Å². The molecule has 0 spiro atoms. The molecule has 0 saturated heterocycles. The second-order valence-electron chi connectivity index (χ2n) is 8.65. The number of cyclic esters (lactones) is 1. The standard InChI is InChI=1S/C23H19ClFN3O4/c1-2-23(31)12-5-16-20-10(7-28(16)21(29)11(12)8-32-22(23)30)17-14(26)4-3-9-18(17)15(27-20)6-13(25)19(9)24/h5-6,14,31H,2-4,7-8,26H2,1H3/t14-,23-/m0/s1. The average molecular weight is 456 g/mol. The van der Waals surface area contributed by atoms with E-state index in [4.69, 9.17) is 27.1 Å². The van der Waals surface area contributed by atoms with Crippen LogP contribution < -0.4 is 11.3 Å². The van der Waals surface area contributed by atoms with E-state index in [1.54, 1.807) is 17.6 Å². The molecule has 0 fully saturated rings. The van der Waals surface area contributed by atoms with Gasteiger partial charge in [-0.15, -0.1) is 0 Å². The Morgan fingerprint density at radius 2 is 2.12 bits per heavy atom. The van der Waals surface area contributed by atoms with Crippen molar-refractivity contribution in [2.24, 2.45) is 5.73 Å². The van der Waals surface area contributed by atoms with E-state index in [0.29, 0.717) is 35.3 Å². The molecule has 0 amide bonds. The van der Waals surface area contributed by atoms with E-state index in [9.17, 15) is 19.1 Å². The average Bonchev–Trinajstić information content (AvgIpc) is 3.14. The second-order valence-corrected chi connectivity index (χ2v) is 9.02. The number of pyridine rings is 2. The highest BCUT2D eigenvalue weighted by molar-refractivity contribution is 6.32. The summed E-state index contributed by atoms with van der Waals surface area (Å²) < 4.78 is 21.2. The first kappa shape index (κ1) is 19.8. The van der Waals surface area contributed by atoms with Crippen LogP contribution in [0.15, 0.2) is 16.9 Å². The molecule has 3 aliphatic rings. The van der Waals surface area contributed by atoms with Gasteiger partial charge in [0.15, 0.2) is 5.60 Å². The summed E-state index contributed by atoms with van der Waals surface area (Å²) in [4.78, 5) is 30.4. The lowest BCUT2D eigenvalue weighted by Gasteiger charge is -2.31. The summed E-state index contributed by atoms with van der Waals surface area (Å²) in [6.07, 6.45) is 1.20. The Morgan fingerprint density at radius 3 is 2.88 bits per heavy atom. The van der Waals surface area contributed by atoms with Crippen molar-refractivity contribution in [3.05, 3.63) is 61.1 Å². The summed E-state index contributed by atoms with van der Waals surface area (Å²) in [6.45, 7) is 1.70. The van der Waals surface area contributed by atoms with E-state index in [-0.39, 0.29) is 47.3 Å². The van der Waals surface area contributed by atoms with E-state index >= 15 is 0 Å². The molecule has 1 aromatic carbocycles. The van der Waals surface area contributed by atoms with Gasteiger partial charge in [-0.1, -0.05) is 18.5 Å². The number of ether oxygens (including phenoxy) is 1. The summed E-state index contributed by atoms with van der Waals surface area (Å²) in [5.74, 6) is -1.33. The third kappa shape index (κ3) is 2.29. The van der Waals surface area contributed by atoms with E-state index in [1.165, 1.54) is 6.07 Å². The molecular formula is C23H19ClFN3O4. The molecule has 1 aliphatic carbocycles. The van der Waals surface area contributed by atoms with Crippen molar-refractivity contribution in [3.63, 3.8) is 0 Å². The number of nitrogens with two attached hydrogens (primary N) is 1. The first-order chi connectivity index (χ1) is 15.3. The fraction of sp³-hybridized carbons (Fsp3) is 0.348. The van der Waals surface area contributed by atoms with Crippen LogP contribution in [0, 0.1) is 5.82 Å². The zero-order valence-electron chi connectivity index (χ0n) is 17.2. The number of esters is 1. The van der Waals surface area contributed by atoms with Crippen molar-refractivity contribution in [1.82, 2.24) is 9.55 Å². The molecule has 3 N–H and O–H groups in total. The van der Waals surface area contributed by atoms with Gasteiger partial charge in [0.25, 0.3) is 5.56 Å². The number of hydrogen-bond donors (Lipinski definition) is 2. The molecule has 0 saturated carbocycles. The number of fused-ring (bicyclic) bond motifs is 5. The van der Waals surface area contributed by atoms with E-state index < -0.39 is 17.4 Å². The Labute approximate surface area is 186 Å². The lowest BCUT2D eigenvalue weighted by molar-refractivity contribution is -0.172. The molecule has 0 unspecified atom stereocenters. The van der Waals surface area contributed by atoms with Crippen LogP contribution >= 0.6 is 11.6 Å². The first-order valence-corrected chi connectivity index (χ1v) is 10.9. The predicted molar refractivity (Wildman–Crippen MR) is 115 cm³/mol. The first-order valence-electron chi connectivity index (χ1n) is 10.5. The largest absolute Gasteiger partial charge is 0.458 e. The summed E-state index contributed by atoms with van der Waals surface area (Å²) in [6, 6.07) is 2.63. The van der Waals surface area contributed by atoms with Gasteiger partial charge in [-0.05, 0) is 36.5 Å². The molecule has 2 aliphatic heterocycles. The fourth-order valence-electron chi connectivity index (χ4n) is 5.39. The lowest BCUT2D eigenvalue weighted by atomic mass is 9.83. The number of hydrogen-bond acceptors (Lipinski definition) is 6. The number of carbonyl (C=O) groups excluding carboxylic acids is 1. The number of halogens is 2. The Hall–Kier alpha value is -2.81. The molecule has 7 nitrogen and oxygen atoms in total. The van der Waals surface area contributed by atoms with Gasteiger partial charge in [0.1, 0.15) is 12.4 Å². The van der Waals surface area contributed by atoms with Crippen LogP contribution in [0.3, 0.4) is 0 Å². The highest BCUT2D eigenvalue weighted by atomic mass is 35.5. The number of aryl methyl sites for hydroxylation is 1. The molecule has 32 heavy (non-hydrogen) atoms. The van der Waals surface area contributed by atoms with Gasteiger partial charge in [-0.2, -0.15) is 0 Å². The van der Waals surface area contributed by atoms with Crippen LogP contribution in [0.1, 0.15) is 53.6 Å². The van der Waals surface area contributed by atoms with Gasteiger partial charge in [0, 0.05) is 28.6 Å². The highest BCUT2D eigenvalue weighted by Gasteiger charge is 2.45. The van der Waals surface area contributed by atoms with Gasteiger partial charge in [-0.25, -0.2) is 14.2 Å². The summed E-state index contributed by atoms with van der Waals surface area (Å²) in [7, 11) is 0. The number of rotatable bonds is 1. The zero-order valence-corrected chi connectivity index (χ0v) is 17.9. The lowest BCUT2D eigenvalue weighted by Crippen LogP contribution is -2.44. The number of benzene rings is 1. The molecule has 2 aromatic heterocycles. The predicted octanol–water partition coefficient (Wildman–Crippen LogP) is 2.82. The molecule has 164 valence electrons. The quantitative estimate of drug-likeness (QED) is 0.427. The molecule has 4 heterocycles. The summed E-state index contributed by atoms with van der Waals surface area (Å²) in [5, 5.41) is 11.8. The number of carbonyl (C=O) groups is 1. The number of aromatic nitrogens is 2.